The first-order valence-corrected chi connectivity index (χ1v) is 6.82. The third-order valence-electron chi connectivity index (χ3n) is 1.52. The minimum Gasteiger partial charge on any atom is -0.207 e. The first-order valence-electron chi connectivity index (χ1n) is 3.44. The van der Waals surface area contributed by atoms with E-state index in [0.717, 1.165) is 12.1 Å². The minimum absolute atomic E-state index is 0.149. The molecule has 15 heavy (non-hydrogen) atoms. The topological polar surface area (TPSA) is 34.1 Å². The molecule has 0 radical (unpaired) electrons. The van der Waals surface area contributed by atoms with Gasteiger partial charge in [-0.05, 0) is 40.8 Å². The number of alkyl halides is 3. The maximum Gasteiger partial charge on any atom is 0.416 e. The van der Waals surface area contributed by atoms with Gasteiger partial charge in [0.15, 0.2) is 0 Å². The number of halogens is 5. The van der Waals surface area contributed by atoms with Gasteiger partial charge in [-0.2, -0.15) is 13.2 Å². The van der Waals surface area contributed by atoms with Crippen LogP contribution in [0.3, 0.4) is 0 Å². The monoisotopic (exact) mass is 370 g/mol. The fraction of sp³-hybridized carbons (Fsp3) is 0.143. The fourth-order valence-corrected chi connectivity index (χ4v) is 3.41. The molecular weight excluding hydrogens is 367 g/mol. The normalized spacial score (nSPS) is 12.9. The van der Waals surface area contributed by atoms with E-state index in [9.17, 15) is 21.6 Å². The molecule has 0 N–H and O–H groups in total. The molecule has 0 heterocycles. The van der Waals surface area contributed by atoms with Crippen molar-refractivity contribution in [1.82, 2.24) is 0 Å². The van der Waals surface area contributed by atoms with Gasteiger partial charge in [0.1, 0.15) is 0 Å². The smallest absolute Gasteiger partial charge is 0.207 e. The highest BCUT2D eigenvalue weighted by atomic mass is 127. The van der Waals surface area contributed by atoms with Gasteiger partial charge in [0.2, 0.25) is 0 Å². The summed E-state index contributed by atoms with van der Waals surface area (Å²) in [7, 11) is 0.834. The van der Waals surface area contributed by atoms with Gasteiger partial charge in [0, 0.05) is 14.3 Å². The highest BCUT2D eigenvalue weighted by Crippen LogP contribution is 2.33. The van der Waals surface area contributed by atoms with Crippen LogP contribution >= 0.6 is 33.3 Å². The summed E-state index contributed by atoms with van der Waals surface area (Å²) in [5.41, 5.74) is -1.04. The summed E-state index contributed by atoms with van der Waals surface area (Å²) in [5.74, 6) is 0. The van der Waals surface area contributed by atoms with Gasteiger partial charge >= 0.3 is 6.18 Å². The SMILES string of the molecule is O=S(=O)(Cl)c1cc(C(F)(F)F)ccc1I. The maximum absolute atomic E-state index is 12.2. The van der Waals surface area contributed by atoms with Crippen molar-refractivity contribution in [2.45, 2.75) is 11.1 Å². The van der Waals surface area contributed by atoms with Gasteiger partial charge in [-0.15, -0.1) is 0 Å². The van der Waals surface area contributed by atoms with Crippen LogP contribution in [0, 0.1) is 3.57 Å². The van der Waals surface area contributed by atoms with Crippen LogP contribution in [0.5, 0.6) is 0 Å². The summed E-state index contributed by atoms with van der Waals surface area (Å²) in [5, 5.41) is 0. The standard InChI is InChI=1S/C7H3ClF3IO2S/c8-15(13,14)6-3-4(7(9,10)11)1-2-5(6)12/h1-3H. The highest BCUT2D eigenvalue weighted by molar-refractivity contribution is 14.1. The highest BCUT2D eigenvalue weighted by Gasteiger charge is 2.32. The molecule has 0 atom stereocenters. The van der Waals surface area contributed by atoms with Crippen LogP contribution in [0.25, 0.3) is 0 Å². The van der Waals surface area contributed by atoms with Gasteiger partial charge < -0.3 is 0 Å². The van der Waals surface area contributed by atoms with E-state index in [1.807, 2.05) is 0 Å². The van der Waals surface area contributed by atoms with E-state index in [0.29, 0.717) is 6.07 Å². The van der Waals surface area contributed by atoms with E-state index >= 15 is 0 Å². The van der Waals surface area contributed by atoms with E-state index in [1.165, 1.54) is 0 Å². The minimum atomic E-state index is -4.58. The number of hydrogen-bond donors (Lipinski definition) is 0. The van der Waals surface area contributed by atoms with Gasteiger partial charge in [-0.3, -0.25) is 0 Å². The molecule has 0 saturated heterocycles. The summed E-state index contributed by atoms with van der Waals surface area (Å²) >= 11 is 1.60. The lowest BCUT2D eigenvalue weighted by Crippen LogP contribution is -2.07. The summed E-state index contributed by atoms with van der Waals surface area (Å²) in [6.45, 7) is 0. The van der Waals surface area contributed by atoms with Crippen molar-refractivity contribution in [3.63, 3.8) is 0 Å². The van der Waals surface area contributed by atoms with Crippen molar-refractivity contribution in [2.24, 2.45) is 0 Å². The Labute approximate surface area is 102 Å². The van der Waals surface area contributed by atoms with E-state index in [-0.39, 0.29) is 3.57 Å². The molecule has 0 aliphatic rings. The molecule has 84 valence electrons. The molecule has 1 rings (SSSR count). The third kappa shape index (κ3) is 3.22. The van der Waals surface area contributed by atoms with Crippen LogP contribution < -0.4 is 0 Å². The van der Waals surface area contributed by atoms with E-state index in [4.69, 9.17) is 10.7 Å². The predicted octanol–water partition coefficient (Wildman–Crippen LogP) is 3.24. The van der Waals surface area contributed by atoms with Crippen molar-refractivity contribution in [2.75, 3.05) is 0 Å². The van der Waals surface area contributed by atoms with E-state index in [1.54, 1.807) is 22.6 Å². The lowest BCUT2D eigenvalue weighted by atomic mass is 10.2. The second-order valence-electron chi connectivity index (χ2n) is 2.58. The molecule has 0 aliphatic heterocycles. The second-order valence-corrected chi connectivity index (χ2v) is 6.28. The van der Waals surface area contributed by atoms with E-state index in [2.05, 4.69) is 0 Å². The van der Waals surface area contributed by atoms with Crippen LogP contribution in [-0.2, 0) is 15.2 Å². The molecule has 1 aromatic rings. The maximum atomic E-state index is 12.2. The molecule has 0 bridgehead atoms. The Morgan fingerprint density at radius 1 is 1.27 bits per heavy atom. The van der Waals surface area contributed by atoms with Gasteiger partial charge in [-0.25, -0.2) is 8.42 Å². The zero-order chi connectivity index (χ0) is 11.9. The summed E-state index contributed by atoms with van der Waals surface area (Å²) < 4.78 is 58.7. The summed E-state index contributed by atoms with van der Waals surface area (Å²) in [6, 6.07) is 2.37. The van der Waals surface area contributed by atoms with Gasteiger partial charge in [0.05, 0.1) is 10.5 Å². The molecule has 0 amide bonds. The Bertz CT molecular complexity index is 483. The number of hydrogen-bond acceptors (Lipinski definition) is 2. The summed E-state index contributed by atoms with van der Waals surface area (Å²) in [6.07, 6.45) is -4.58. The van der Waals surface area contributed by atoms with Crippen LogP contribution in [0.15, 0.2) is 23.1 Å². The average Bonchev–Trinajstić information content (AvgIpc) is 2.00. The fourth-order valence-electron chi connectivity index (χ4n) is 0.867. The Kier molecular flexibility index (Phi) is 3.56. The molecule has 0 unspecified atom stereocenters. The molecule has 0 aromatic heterocycles. The van der Waals surface area contributed by atoms with Crippen LogP contribution in [0.2, 0.25) is 0 Å². The second kappa shape index (κ2) is 4.10. The number of benzene rings is 1. The molecule has 0 fully saturated rings. The average molecular weight is 371 g/mol. The Morgan fingerprint density at radius 2 is 1.80 bits per heavy atom. The summed E-state index contributed by atoms with van der Waals surface area (Å²) in [4.78, 5) is -0.528. The van der Waals surface area contributed by atoms with E-state index < -0.39 is 25.7 Å². The molecule has 0 saturated carbocycles. The molecule has 2 nitrogen and oxygen atoms in total. The Balaban J connectivity index is 3.43. The molecule has 1 aromatic carbocycles. The first-order chi connectivity index (χ1) is 6.62. The van der Waals surface area contributed by atoms with Crippen molar-refractivity contribution >= 4 is 42.3 Å². The van der Waals surface area contributed by atoms with Crippen molar-refractivity contribution in [3.8, 4) is 0 Å². The first kappa shape index (κ1) is 13.0. The zero-order valence-corrected chi connectivity index (χ0v) is 10.6. The quantitative estimate of drug-likeness (QED) is 0.562. The Hall–Kier alpha value is -0.0200. The van der Waals surface area contributed by atoms with Crippen molar-refractivity contribution in [3.05, 3.63) is 27.3 Å². The van der Waals surface area contributed by atoms with Crippen LogP contribution in [0.4, 0.5) is 13.2 Å². The Morgan fingerprint density at radius 3 is 2.20 bits per heavy atom. The lowest BCUT2D eigenvalue weighted by Gasteiger charge is -2.08. The van der Waals surface area contributed by atoms with Crippen molar-refractivity contribution < 1.29 is 21.6 Å². The number of rotatable bonds is 1. The zero-order valence-electron chi connectivity index (χ0n) is 6.85. The van der Waals surface area contributed by atoms with Gasteiger partial charge in [-0.1, -0.05) is 0 Å². The molecule has 0 spiro atoms. The molecule has 0 aliphatic carbocycles. The van der Waals surface area contributed by atoms with Crippen molar-refractivity contribution in [1.29, 1.82) is 0 Å². The van der Waals surface area contributed by atoms with Gasteiger partial charge in [0.25, 0.3) is 9.05 Å². The third-order valence-corrected chi connectivity index (χ3v) is 4.19. The molecular formula is C7H3ClF3IO2S. The lowest BCUT2D eigenvalue weighted by molar-refractivity contribution is -0.137. The largest absolute Gasteiger partial charge is 0.416 e. The van der Waals surface area contributed by atoms with Crippen LogP contribution in [0.1, 0.15) is 5.56 Å². The molecule has 8 heteroatoms. The van der Waals surface area contributed by atoms with Crippen LogP contribution in [-0.4, -0.2) is 8.42 Å². The predicted molar refractivity (Wildman–Crippen MR) is 57.2 cm³/mol.